The third-order valence-corrected chi connectivity index (χ3v) is 7.63. The molecule has 0 atom stereocenters. The minimum atomic E-state index is -0.167. The van der Waals surface area contributed by atoms with Crippen LogP contribution in [0.2, 0.25) is 0 Å². The standard InChI is InChI=1S/C32H35N3O3S/c1-24-13-15-27(16-14-24)29(36)12-8-3-2-4-9-19-39-32-33-22-28(31(38)34-32)20-26-17-18-35(30(37)21-26)23-25-10-6-5-7-11-25/h5-7,10-11,13-18,21-22H,2-4,8-9,12,19-20,23H2,1H3,(H,33,34,38). The zero-order valence-electron chi connectivity index (χ0n) is 22.4. The molecular weight excluding hydrogens is 506 g/mol. The van der Waals surface area contributed by atoms with Gasteiger partial charge in [-0.2, -0.15) is 0 Å². The maximum absolute atomic E-state index is 12.6. The Bertz CT molecular complexity index is 1480. The predicted octanol–water partition coefficient (Wildman–Crippen LogP) is 6.19. The summed E-state index contributed by atoms with van der Waals surface area (Å²) in [5.41, 5.74) is 4.10. The number of nitrogens with one attached hydrogen (secondary N) is 1. The van der Waals surface area contributed by atoms with Gasteiger partial charge in [-0.05, 0) is 37.0 Å². The summed E-state index contributed by atoms with van der Waals surface area (Å²) in [7, 11) is 0. The van der Waals surface area contributed by atoms with Crippen LogP contribution in [0.25, 0.3) is 0 Å². The molecule has 6 nitrogen and oxygen atoms in total. The highest BCUT2D eigenvalue weighted by Crippen LogP contribution is 2.16. The fraction of sp³-hybridized carbons (Fsp3) is 0.312. The topological polar surface area (TPSA) is 84.8 Å². The van der Waals surface area contributed by atoms with Crippen LogP contribution in [0.3, 0.4) is 0 Å². The lowest BCUT2D eigenvalue weighted by Gasteiger charge is -2.08. The maximum atomic E-state index is 12.6. The Kier molecular flexibility index (Phi) is 10.5. The van der Waals surface area contributed by atoms with Crippen molar-refractivity contribution in [2.75, 3.05) is 5.75 Å². The summed E-state index contributed by atoms with van der Waals surface area (Å²) in [5, 5.41) is 0.616. The molecule has 1 N–H and O–H groups in total. The molecule has 2 aromatic carbocycles. The lowest BCUT2D eigenvalue weighted by Crippen LogP contribution is -2.21. The number of aromatic nitrogens is 3. The minimum Gasteiger partial charge on any atom is -0.311 e. The molecule has 0 amide bonds. The van der Waals surface area contributed by atoms with Crippen molar-refractivity contribution >= 4 is 17.5 Å². The minimum absolute atomic E-state index is 0.0919. The van der Waals surface area contributed by atoms with Crippen molar-refractivity contribution in [2.24, 2.45) is 0 Å². The van der Waals surface area contributed by atoms with Gasteiger partial charge in [-0.15, -0.1) is 0 Å². The molecule has 202 valence electrons. The highest BCUT2D eigenvalue weighted by atomic mass is 32.2. The Labute approximate surface area is 233 Å². The summed E-state index contributed by atoms with van der Waals surface area (Å²) < 4.78 is 1.66. The molecule has 0 fully saturated rings. The first-order valence-corrected chi connectivity index (χ1v) is 14.5. The number of benzene rings is 2. The van der Waals surface area contributed by atoms with Gasteiger partial charge in [0.2, 0.25) is 0 Å². The van der Waals surface area contributed by atoms with E-state index in [0.717, 1.165) is 54.5 Å². The third-order valence-electron chi connectivity index (χ3n) is 6.66. The number of nitrogens with zero attached hydrogens (tertiary/aromatic N) is 2. The summed E-state index contributed by atoms with van der Waals surface area (Å²) in [6, 6.07) is 21.1. The number of hydrogen-bond donors (Lipinski definition) is 1. The first kappa shape index (κ1) is 28.3. The second-order valence-electron chi connectivity index (χ2n) is 9.86. The van der Waals surface area contributed by atoms with Gasteiger partial charge in [0.15, 0.2) is 10.9 Å². The van der Waals surface area contributed by atoms with E-state index >= 15 is 0 Å². The lowest BCUT2D eigenvalue weighted by atomic mass is 10.0. The molecule has 2 aromatic heterocycles. The molecule has 0 aliphatic rings. The van der Waals surface area contributed by atoms with Crippen molar-refractivity contribution in [2.45, 2.75) is 63.6 Å². The van der Waals surface area contributed by atoms with Gasteiger partial charge in [0, 0.05) is 48.2 Å². The summed E-state index contributed by atoms with van der Waals surface area (Å²) in [6.07, 6.45) is 9.52. The highest BCUT2D eigenvalue weighted by molar-refractivity contribution is 7.99. The largest absolute Gasteiger partial charge is 0.311 e. The molecule has 0 aliphatic carbocycles. The SMILES string of the molecule is Cc1ccc(C(=O)CCCCCCCSc2ncc(Cc3ccn(Cc4ccccc4)c(=O)c3)c(=O)[nH]2)cc1. The average molecular weight is 542 g/mol. The number of aromatic amines is 1. The van der Waals surface area contributed by atoms with Crippen molar-refractivity contribution in [3.63, 3.8) is 0 Å². The van der Waals surface area contributed by atoms with Crippen molar-refractivity contribution in [3.8, 4) is 0 Å². The second-order valence-corrected chi connectivity index (χ2v) is 10.9. The highest BCUT2D eigenvalue weighted by Gasteiger charge is 2.08. The van der Waals surface area contributed by atoms with Crippen LogP contribution in [0.5, 0.6) is 0 Å². The molecule has 4 rings (SSSR count). The Morgan fingerprint density at radius 3 is 2.38 bits per heavy atom. The van der Waals surface area contributed by atoms with Crippen molar-refractivity contribution in [3.05, 3.63) is 128 Å². The van der Waals surface area contributed by atoms with Gasteiger partial charge in [-0.1, -0.05) is 91.2 Å². The van der Waals surface area contributed by atoms with Crippen LogP contribution in [0, 0.1) is 6.92 Å². The van der Waals surface area contributed by atoms with E-state index in [2.05, 4.69) is 9.97 Å². The summed E-state index contributed by atoms with van der Waals surface area (Å²) in [4.78, 5) is 44.7. The fourth-order valence-corrected chi connectivity index (χ4v) is 5.20. The quantitative estimate of drug-likeness (QED) is 0.0890. The van der Waals surface area contributed by atoms with Gasteiger partial charge >= 0.3 is 0 Å². The number of pyridine rings is 1. The fourth-order valence-electron chi connectivity index (χ4n) is 4.36. The number of ketones is 1. The molecule has 39 heavy (non-hydrogen) atoms. The first-order chi connectivity index (χ1) is 19.0. The van der Waals surface area contributed by atoms with Gasteiger partial charge in [-0.25, -0.2) is 4.98 Å². The number of thioether (sulfide) groups is 1. The van der Waals surface area contributed by atoms with E-state index in [-0.39, 0.29) is 16.9 Å². The summed E-state index contributed by atoms with van der Waals surface area (Å²) in [6.45, 7) is 2.54. The molecular formula is C32H35N3O3S. The Balaban J connectivity index is 1.15. The number of aryl methyl sites for hydroxylation is 1. The number of unbranched alkanes of at least 4 members (excludes halogenated alkanes) is 4. The van der Waals surface area contributed by atoms with Crippen LogP contribution in [-0.2, 0) is 13.0 Å². The van der Waals surface area contributed by atoms with E-state index in [0.29, 0.717) is 30.1 Å². The zero-order valence-corrected chi connectivity index (χ0v) is 23.2. The van der Waals surface area contributed by atoms with Crippen LogP contribution in [0.4, 0.5) is 0 Å². The van der Waals surface area contributed by atoms with Gasteiger partial charge in [0.05, 0.1) is 6.54 Å². The molecule has 0 unspecified atom stereocenters. The van der Waals surface area contributed by atoms with E-state index in [4.69, 9.17) is 0 Å². The molecule has 0 bridgehead atoms. The maximum Gasteiger partial charge on any atom is 0.255 e. The Morgan fingerprint density at radius 2 is 1.64 bits per heavy atom. The van der Waals surface area contributed by atoms with Crippen molar-refractivity contribution in [1.29, 1.82) is 0 Å². The van der Waals surface area contributed by atoms with Gasteiger partial charge < -0.3 is 9.55 Å². The van der Waals surface area contributed by atoms with E-state index < -0.39 is 0 Å². The summed E-state index contributed by atoms with van der Waals surface area (Å²) in [5.74, 6) is 1.10. The predicted molar refractivity (Wildman–Crippen MR) is 158 cm³/mol. The monoisotopic (exact) mass is 541 g/mol. The molecule has 0 radical (unpaired) electrons. The number of rotatable bonds is 14. The van der Waals surface area contributed by atoms with Gasteiger partial charge in [-0.3, -0.25) is 14.4 Å². The normalized spacial score (nSPS) is 11.0. The lowest BCUT2D eigenvalue weighted by molar-refractivity contribution is 0.0979. The molecule has 0 aliphatic heterocycles. The number of carbonyl (C=O) groups is 1. The van der Waals surface area contributed by atoms with Crippen LogP contribution < -0.4 is 11.1 Å². The second kappa shape index (κ2) is 14.4. The number of carbonyl (C=O) groups excluding carboxylic acids is 1. The van der Waals surface area contributed by atoms with Gasteiger partial charge in [0.25, 0.3) is 11.1 Å². The third kappa shape index (κ3) is 8.93. The number of Topliss-reactive ketones (excluding diaryl/α,β-unsaturated/α-hetero) is 1. The average Bonchev–Trinajstić information content (AvgIpc) is 2.94. The van der Waals surface area contributed by atoms with Crippen molar-refractivity contribution in [1.82, 2.24) is 14.5 Å². The Hall–Kier alpha value is -3.71. The number of hydrogen-bond acceptors (Lipinski definition) is 5. The van der Waals surface area contributed by atoms with E-state index in [1.165, 1.54) is 5.56 Å². The van der Waals surface area contributed by atoms with Crippen LogP contribution in [0.15, 0.2) is 93.9 Å². The molecule has 0 spiro atoms. The van der Waals surface area contributed by atoms with E-state index in [1.54, 1.807) is 34.8 Å². The van der Waals surface area contributed by atoms with E-state index in [1.807, 2.05) is 67.6 Å². The molecule has 2 heterocycles. The molecule has 4 aromatic rings. The zero-order chi connectivity index (χ0) is 27.5. The molecule has 7 heteroatoms. The van der Waals surface area contributed by atoms with Crippen LogP contribution >= 0.6 is 11.8 Å². The van der Waals surface area contributed by atoms with Crippen molar-refractivity contribution < 1.29 is 4.79 Å². The first-order valence-electron chi connectivity index (χ1n) is 13.5. The molecule has 0 saturated heterocycles. The van der Waals surface area contributed by atoms with Crippen LogP contribution in [0.1, 0.15) is 71.1 Å². The van der Waals surface area contributed by atoms with E-state index in [9.17, 15) is 14.4 Å². The summed E-state index contributed by atoms with van der Waals surface area (Å²) >= 11 is 1.55. The van der Waals surface area contributed by atoms with Crippen LogP contribution in [-0.4, -0.2) is 26.1 Å². The number of H-pyrrole nitrogens is 1. The molecule has 0 saturated carbocycles. The van der Waals surface area contributed by atoms with Gasteiger partial charge in [0.1, 0.15) is 0 Å². The smallest absolute Gasteiger partial charge is 0.255 e. The Morgan fingerprint density at radius 1 is 0.897 bits per heavy atom.